The summed E-state index contributed by atoms with van der Waals surface area (Å²) < 4.78 is 0. The number of hydrogen-bond acceptors (Lipinski definition) is 3. The lowest BCUT2D eigenvalue weighted by atomic mass is 10.2. The summed E-state index contributed by atoms with van der Waals surface area (Å²) in [7, 11) is 0. The fourth-order valence-electron chi connectivity index (χ4n) is 2.52. The Morgan fingerprint density at radius 2 is 1.76 bits per heavy atom. The number of amides is 2. The van der Waals surface area contributed by atoms with Crippen LogP contribution in [0.4, 0.5) is 11.4 Å². The van der Waals surface area contributed by atoms with Gasteiger partial charge in [-0.3, -0.25) is 9.59 Å². The molecule has 1 aromatic carbocycles. The van der Waals surface area contributed by atoms with Crippen LogP contribution in [0.5, 0.6) is 0 Å². The molecule has 2 amide bonds. The van der Waals surface area contributed by atoms with Gasteiger partial charge in [-0.1, -0.05) is 18.9 Å². The predicted octanol–water partition coefficient (Wildman–Crippen LogP) is 2.46. The highest BCUT2D eigenvalue weighted by Crippen LogP contribution is 2.15. The summed E-state index contributed by atoms with van der Waals surface area (Å²) in [6.45, 7) is 3.51. The molecule has 21 heavy (non-hydrogen) atoms. The second-order valence-corrected chi connectivity index (χ2v) is 5.41. The van der Waals surface area contributed by atoms with E-state index in [0.717, 1.165) is 37.3 Å². The van der Waals surface area contributed by atoms with Gasteiger partial charge in [-0.05, 0) is 31.0 Å². The highest BCUT2D eigenvalue weighted by molar-refractivity contribution is 5.89. The van der Waals surface area contributed by atoms with E-state index >= 15 is 0 Å². The molecule has 1 aliphatic heterocycles. The van der Waals surface area contributed by atoms with Gasteiger partial charge in [0.2, 0.25) is 11.8 Å². The number of hydrogen-bond donors (Lipinski definition) is 2. The molecular weight excluding hydrogens is 266 g/mol. The molecule has 1 aromatic rings. The quantitative estimate of drug-likeness (QED) is 0.895. The first-order chi connectivity index (χ1) is 10.1. The molecule has 1 saturated heterocycles. The standard InChI is InChI=1S/C16H23N3O2/c1-13(20)18-15-8-6-7-14(11-15)17-12-16(21)19-9-4-2-3-5-10-19/h6-8,11,17H,2-5,9-10,12H2,1H3,(H,18,20). The molecule has 2 rings (SSSR count). The van der Waals surface area contributed by atoms with E-state index < -0.39 is 0 Å². The zero-order valence-corrected chi connectivity index (χ0v) is 12.5. The first-order valence-corrected chi connectivity index (χ1v) is 7.54. The number of carbonyl (C=O) groups excluding carboxylic acids is 2. The Hall–Kier alpha value is -2.04. The Balaban J connectivity index is 1.86. The summed E-state index contributed by atoms with van der Waals surface area (Å²) in [5.41, 5.74) is 1.57. The SMILES string of the molecule is CC(=O)Nc1cccc(NCC(=O)N2CCCCCC2)c1. The van der Waals surface area contributed by atoms with Gasteiger partial charge in [-0.15, -0.1) is 0 Å². The van der Waals surface area contributed by atoms with Gasteiger partial charge >= 0.3 is 0 Å². The number of nitrogens with zero attached hydrogens (tertiary/aromatic N) is 1. The summed E-state index contributed by atoms with van der Waals surface area (Å²) in [5.74, 6) is 0.0367. The predicted molar refractivity (Wildman–Crippen MR) is 84.3 cm³/mol. The minimum absolute atomic E-state index is 0.104. The number of benzene rings is 1. The van der Waals surface area contributed by atoms with Crippen molar-refractivity contribution in [2.24, 2.45) is 0 Å². The van der Waals surface area contributed by atoms with E-state index in [-0.39, 0.29) is 11.8 Å². The minimum atomic E-state index is -0.104. The molecule has 0 aliphatic carbocycles. The number of rotatable bonds is 4. The molecular formula is C16H23N3O2. The molecule has 0 bridgehead atoms. The van der Waals surface area contributed by atoms with E-state index in [4.69, 9.17) is 0 Å². The van der Waals surface area contributed by atoms with Crippen molar-refractivity contribution in [2.75, 3.05) is 30.3 Å². The number of carbonyl (C=O) groups is 2. The van der Waals surface area contributed by atoms with Gasteiger partial charge in [0.25, 0.3) is 0 Å². The van der Waals surface area contributed by atoms with Gasteiger partial charge in [0.1, 0.15) is 0 Å². The van der Waals surface area contributed by atoms with E-state index in [1.807, 2.05) is 29.2 Å². The third kappa shape index (κ3) is 5.10. The zero-order valence-electron chi connectivity index (χ0n) is 12.5. The number of nitrogens with one attached hydrogen (secondary N) is 2. The zero-order chi connectivity index (χ0) is 15.1. The fraction of sp³-hybridized carbons (Fsp3) is 0.500. The van der Waals surface area contributed by atoms with E-state index in [1.54, 1.807) is 0 Å². The van der Waals surface area contributed by atoms with Crippen LogP contribution in [0.15, 0.2) is 24.3 Å². The summed E-state index contributed by atoms with van der Waals surface area (Å²) >= 11 is 0. The maximum atomic E-state index is 12.2. The third-order valence-electron chi connectivity index (χ3n) is 3.59. The molecule has 2 N–H and O–H groups in total. The molecule has 114 valence electrons. The van der Waals surface area contributed by atoms with Crippen LogP contribution in [-0.2, 0) is 9.59 Å². The molecule has 1 heterocycles. The molecule has 1 aliphatic rings. The first kappa shape index (κ1) is 15.4. The molecule has 0 unspecified atom stereocenters. The van der Waals surface area contributed by atoms with E-state index in [0.29, 0.717) is 6.54 Å². The van der Waals surface area contributed by atoms with E-state index in [9.17, 15) is 9.59 Å². The highest BCUT2D eigenvalue weighted by atomic mass is 16.2. The monoisotopic (exact) mass is 289 g/mol. The maximum Gasteiger partial charge on any atom is 0.241 e. The lowest BCUT2D eigenvalue weighted by Crippen LogP contribution is -2.36. The summed E-state index contributed by atoms with van der Waals surface area (Å²) in [6.07, 6.45) is 4.64. The highest BCUT2D eigenvalue weighted by Gasteiger charge is 2.14. The number of likely N-dealkylation sites (tertiary alicyclic amines) is 1. The Kier molecular flexibility index (Phi) is 5.60. The van der Waals surface area contributed by atoms with Crippen molar-refractivity contribution >= 4 is 23.2 Å². The molecule has 0 spiro atoms. The fourth-order valence-corrected chi connectivity index (χ4v) is 2.52. The van der Waals surface area contributed by atoms with E-state index in [1.165, 1.54) is 19.8 Å². The normalized spacial score (nSPS) is 15.2. The van der Waals surface area contributed by atoms with Gasteiger partial charge in [-0.25, -0.2) is 0 Å². The average Bonchev–Trinajstić information content (AvgIpc) is 2.73. The van der Waals surface area contributed by atoms with Crippen LogP contribution in [0, 0.1) is 0 Å². The lowest BCUT2D eigenvalue weighted by molar-refractivity contribution is -0.129. The van der Waals surface area contributed by atoms with Crippen molar-refractivity contribution < 1.29 is 9.59 Å². The van der Waals surface area contributed by atoms with Gasteiger partial charge in [0, 0.05) is 31.4 Å². The van der Waals surface area contributed by atoms with Crippen LogP contribution in [0.1, 0.15) is 32.6 Å². The molecule has 0 atom stereocenters. The van der Waals surface area contributed by atoms with Gasteiger partial charge < -0.3 is 15.5 Å². The largest absolute Gasteiger partial charge is 0.376 e. The minimum Gasteiger partial charge on any atom is -0.376 e. The van der Waals surface area contributed by atoms with Crippen LogP contribution in [0.25, 0.3) is 0 Å². The molecule has 0 saturated carbocycles. The van der Waals surface area contributed by atoms with Crippen molar-refractivity contribution in [1.29, 1.82) is 0 Å². The van der Waals surface area contributed by atoms with Crippen LogP contribution in [0.3, 0.4) is 0 Å². The van der Waals surface area contributed by atoms with Gasteiger partial charge in [-0.2, -0.15) is 0 Å². The van der Waals surface area contributed by atoms with Crippen molar-refractivity contribution in [3.05, 3.63) is 24.3 Å². The number of anilines is 2. The summed E-state index contributed by atoms with van der Waals surface area (Å²) in [6, 6.07) is 7.39. The molecule has 5 nitrogen and oxygen atoms in total. The van der Waals surface area contributed by atoms with E-state index in [2.05, 4.69) is 10.6 Å². The van der Waals surface area contributed by atoms with Gasteiger partial charge in [0.15, 0.2) is 0 Å². The smallest absolute Gasteiger partial charge is 0.241 e. The Morgan fingerprint density at radius 3 is 2.43 bits per heavy atom. The maximum absolute atomic E-state index is 12.2. The van der Waals surface area contributed by atoms with Crippen molar-refractivity contribution in [1.82, 2.24) is 4.90 Å². The summed E-state index contributed by atoms with van der Waals surface area (Å²) in [5, 5.41) is 5.86. The first-order valence-electron chi connectivity index (χ1n) is 7.54. The van der Waals surface area contributed by atoms with Crippen molar-refractivity contribution in [2.45, 2.75) is 32.6 Å². The Morgan fingerprint density at radius 1 is 1.10 bits per heavy atom. The Labute approximate surface area is 125 Å². The topological polar surface area (TPSA) is 61.4 Å². The second kappa shape index (κ2) is 7.67. The average molecular weight is 289 g/mol. The molecule has 1 fully saturated rings. The van der Waals surface area contributed by atoms with Crippen molar-refractivity contribution in [3.8, 4) is 0 Å². The van der Waals surface area contributed by atoms with Crippen LogP contribution >= 0.6 is 0 Å². The summed E-state index contributed by atoms with van der Waals surface area (Å²) in [4.78, 5) is 25.2. The third-order valence-corrected chi connectivity index (χ3v) is 3.59. The second-order valence-electron chi connectivity index (χ2n) is 5.41. The van der Waals surface area contributed by atoms with Crippen molar-refractivity contribution in [3.63, 3.8) is 0 Å². The molecule has 5 heteroatoms. The van der Waals surface area contributed by atoms with Crippen LogP contribution in [0.2, 0.25) is 0 Å². The molecule has 0 aromatic heterocycles. The molecule has 0 radical (unpaired) electrons. The van der Waals surface area contributed by atoms with Crippen LogP contribution < -0.4 is 10.6 Å². The Bertz CT molecular complexity index is 494. The van der Waals surface area contributed by atoms with Gasteiger partial charge in [0.05, 0.1) is 6.54 Å². The lowest BCUT2D eigenvalue weighted by Gasteiger charge is -2.20. The van der Waals surface area contributed by atoms with Crippen LogP contribution in [-0.4, -0.2) is 36.3 Å².